The van der Waals surface area contributed by atoms with Crippen molar-refractivity contribution >= 4 is 35.3 Å². The van der Waals surface area contributed by atoms with Crippen molar-refractivity contribution in [1.82, 2.24) is 10.6 Å². The van der Waals surface area contributed by atoms with E-state index in [9.17, 15) is 14.4 Å². The van der Waals surface area contributed by atoms with E-state index in [1.54, 1.807) is 7.05 Å². The maximum absolute atomic E-state index is 13.6. The summed E-state index contributed by atoms with van der Waals surface area (Å²) in [6, 6.07) is 4.90. The first-order chi connectivity index (χ1) is 17.0. The number of likely N-dealkylation sites (N-methyl/N-ethyl adjacent to an activating group) is 1. The molecule has 9 heteroatoms. The highest BCUT2D eigenvalue weighted by Crippen LogP contribution is 2.51. The third-order valence-electron chi connectivity index (χ3n) is 7.88. The predicted molar refractivity (Wildman–Crippen MR) is 132 cm³/mol. The Morgan fingerprint density at radius 2 is 1.86 bits per heavy atom. The maximum Gasteiger partial charge on any atom is 0.268 e. The lowest BCUT2D eigenvalue weighted by Gasteiger charge is -2.31. The fourth-order valence-corrected chi connectivity index (χ4v) is 5.75. The van der Waals surface area contributed by atoms with Crippen LogP contribution in [0.25, 0.3) is 0 Å². The normalized spacial score (nSPS) is 21.8. The van der Waals surface area contributed by atoms with Crippen molar-refractivity contribution in [2.75, 3.05) is 30.9 Å². The lowest BCUT2D eigenvalue weighted by molar-refractivity contribution is -0.126. The van der Waals surface area contributed by atoms with Crippen molar-refractivity contribution in [3.8, 4) is 0 Å². The molecule has 0 radical (unpaired) electrons. The summed E-state index contributed by atoms with van der Waals surface area (Å²) in [4.78, 5) is 39.3. The molecule has 0 aromatic heterocycles. The van der Waals surface area contributed by atoms with Gasteiger partial charge in [-0.15, -0.1) is 0 Å². The van der Waals surface area contributed by atoms with Crippen LogP contribution >= 0.6 is 0 Å². The minimum absolute atomic E-state index is 0.00970. The number of rotatable bonds is 9. The number of hydrogen-bond acceptors (Lipinski definition) is 6. The van der Waals surface area contributed by atoms with Crippen LogP contribution in [0.3, 0.4) is 0 Å². The van der Waals surface area contributed by atoms with Gasteiger partial charge in [-0.3, -0.25) is 14.4 Å². The van der Waals surface area contributed by atoms with Gasteiger partial charge >= 0.3 is 0 Å². The van der Waals surface area contributed by atoms with Gasteiger partial charge in [-0.2, -0.15) is 0 Å². The molecule has 1 atom stereocenters. The Balaban J connectivity index is 1.37. The molecule has 0 unspecified atom stereocenters. The van der Waals surface area contributed by atoms with Gasteiger partial charge in [0.25, 0.3) is 5.91 Å². The monoisotopic (exact) mass is 479 g/mol. The fourth-order valence-electron chi connectivity index (χ4n) is 5.75. The van der Waals surface area contributed by atoms with E-state index >= 15 is 0 Å². The molecule has 2 aliphatic heterocycles. The summed E-state index contributed by atoms with van der Waals surface area (Å²) in [5.74, 6) is 0.316. The number of amides is 3. The van der Waals surface area contributed by atoms with Gasteiger partial charge in [0, 0.05) is 37.9 Å². The maximum atomic E-state index is 13.6. The summed E-state index contributed by atoms with van der Waals surface area (Å²) in [6.07, 6.45) is 8.02. The zero-order valence-electron chi connectivity index (χ0n) is 20.0. The number of anilines is 2. The number of benzene rings is 1. The Labute approximate surface area is 205 Å². The molecule has 9 nitrogen and oxygen atoms in total. The predicted octanol–water partition coefficient (Wildman–Crippen LogP) is 2.30. The molecule has 5 N–H and O–H groups in total. The molecule has 5 rings (SSSR count). The van der Waals surface area contributed by atoms with Crippen molar-refractivity contribution in [2.24, 2.45) is 17.8 Å². The molecular formula is C26H33N5O4. The molecule has 0 bridgehead atoms. The van der Waals surface area contributed by atoms with E-state index < -0.39 is 17.4 Å². The van der Waals surface area contributed by atoms with Crippen LogP contribution in [0.15, 0.2) is 30.0 Å². The summed E-state index contributed by atoms with van der Waals surface area (Å²) < 4.78 is 5.47. The molecule has 2 heterocycles. The number of carbonyl (C=O) groups excluding carboxylic acids is 3. The van der Waals surface area contributed by atoms with E-state index in [4.69, 9.17) is 10.1 Å². The number of fused-ring (bicyclic) bond motifs is 2. The van der Waals surface area contributed by atoms with E-state index in [1.807, 2.05) is 18.2 Å². The van der Waals surface area contributed by atoms with Crippen molar-refractivity contribution < 1.29 is 19.1 Å². The summed E-state index contributed by atoms with van der Waals surface area (Å²) in [6.45, 7) is 1.11. The van der Waals surface area contributed by atoms with E-state index in [1.165, 1.54) is 6.08 Å². The van der Waals surface area contributed by atoms with Gasteiger partial charge in [0.05, 0.1) is 5.41 Å². The van der Waals surface area contributed by atoms with Gasteiger partial charge in [-0.05, 0) is 80.1 Å². The van der Waals surface area contributed by atoms with Crippen molar-refractivity contribution in [3.05, 3.63) is 35.5 Å². The van der Waals surface area contributed by atoms with Crippen LogP contribution in [-0.4, -0.2) is 50.2 Å². The van der Waals surface area contributed by atoms with Crippen LogP contribution in [0.4, 0.5) is 11.4 Å². The molecule has 1 aromatic carbocycles. The topological polar surface area (TPSA) is 132 Å². The molecule has 1 spiro atoms. The molecular weight excluding hydrogens is 446 g/mol. The highest BCUT2D eigenvalue weighted by Gasteiger charge is 2.49. The summed E-state index contributed by atoms with van der Waals surface area (Å²) in [5.41, 5.74) is 1.96. The second-order valence-corrected chi connectivity index (χ2v) is 10.1. The number of allylic oxidation sites excluding steroid dienone is 1. The highest BCUT2D eigenvalue weighted by molar-refractivity contribution is 6.08. The lowest BCUT2D eigenvalue weighted by atomic mass is 9.75. The zero-order chi connectivity index (χ0) is 24.6. The molecule has 35 heavy (non-hydrogen) atoms. The van der Waals surface area contributed by atoms with Gasteiger partial charge in [0.2, 0.25) is 11.8 Å². The quantitative estimate of drug-likeness (QED) is 0.274. The number of ether oxygens (including phenoxy) is 1. The van der Waals surface area contributed by atoms with Crippen LogP contribution in [0, 0.1) is 23.2 Å². The van der Waals surface area contributed by atoms with E-state index in [-0.39, 0.29) is 23.4 Å². The van der Waals surface area contributed by atoms with E-state index in [2.05, 4.69) is 21.3 Å². The second kappa shape index (κ2) is 9.45. The van der Waals surface area contributed by atoms with Crippen molar-refractivity contribution in [2.45, 2.75) is 50.0 Å². The van der Waals surface area contributed by atoms with E-state index in [0.29, 0.717) is 43.6 Å². The van der Waals surface area contributed by atoms with Gasteiger partial charge in [0.1, 0.15) is 11.7 Å². The van der Waals surface area contributed by atoms with Crippen LogP contribution < -0.4 is 21.3 Å². The Bertz CT molecular complexity index is 1060. The van der Waals surface area contributed by atoms with E-state index in [0.717, 1.165) is 43.1 Å². The third kappa shape index (κ3) is 4.57. The Kier molecular flexibility index (Phi) is 6.35. The first-order valence-electron chi connectivity index (χ1n) is 12.5. The third-order valence-corrected chi connectivity index (χ3v) is 7.88. The number of nitrogens with one attached hydrogen (secondary N) is 5. The van der Waals surface area contributed by atoms with Gasteiger partial charge in [-0.25, -0.2) is 0 Å². The summed E-state index contributed by atoms with van der Waals surface area (Å²) in [7, 11) is 1.62. The smallest absolute Gasteiger partial charge is 0.268 e. The SMILES string of the molecule is CN/C(=C\C=N)C(=O)N[C@H](C(=O)Nc1ccc2c(c1)NC(=O)C21CCOCC1)C(C1CC1)C1CC1. The Morgan fingerprint density at radius 1 is 1.17 bits per heavy atom. The number of carbonyl (C=O) groups is 3. The molecule has 1 aromatic rings. The molecule has 2 aliphatic carbocycles. The lowest BCUT2D eigenvalue weighted by Crippen LogP contribution is -2.51. The van der Waals surface area contributed by atoms with Gasteiger partial charge < -0.3 is 31.4 Å². The van der Waals surface area contributed by atoms with Crippen LogP contribution in [-0.2, 0) is 24.5 Å². The summed E-state index contributed by atoms with van der Waals surface area (Å²) in [5, 5.41) is 19.1. The molecule has 1 saturated heterocycles. The molecule has 4 aliphatic rings. The first kappa shape index (κ1) is 23.5. The average Bonchev–Trinajstić information content (AvgIpc) is 3.78. The van der Waals surface area contributed by atoms with Crippen molar-refractivity contribution in [3.63, 3.8) is 0 Å². The zero-order valence-corrected chi connectivity index (χ0v) is 20.0. The Morgan fingerprint density at radius 3 is 2.46 bits per heavy atom. The Hall–Kier alpha value is -3.20. The summed E-state index contributed by atoms with van der Waals surface area (Å²) >= 11 is 0. The molecule has 3 fully saturated rings. The standard InChI is InChI=1S/C26H33N5O4/c1-28-19(8-11-27)23(32)31-22(21(15-2-3-15)16-4-5-16)24(33)29-17-6-7-18-20(14-17)30-25(34)26(18)9-12-35-13-10-26/h6-8,11,14-16,21-22,27-28H,2-5,9-10,12-13H2,1H3,(H,29,33)(H,30,34)(H,31,32)/b19-8-,27-11?/t22-/m0/s1. The first-order valence-corrected chi connectivity index (χ1v) is 12.5. The average molecular weight is 480 g/mol. The molecule has 186 valence electrons. The van der Waals surface area contributed by atoms with Crippen LogP contribution in [0.1, 0.15) is 44.1 Å². The highest BCUT2D eigenvalue weighted by atomic mass is 16.5. The van der Waals surface area contributed by atoms with Crippen LogP contribution in [0.2, 0.25) is 0 Å². The number of hydrogen-bond donors (Lipinski definition) is 5. The van der Waals surface area contributed by atoms with Gasteiger partial charge in [-0.1, -0.05) is 6.07 Å². The van der Waals surface area contributed by atoms with Gasteiger partial charge in [0.15, 0.2) is 0 Å². The van der Waals surface area contributed by atoms with Crippen molar-refractivity contribution in [1.29, 1.82) is 5.41 Å². The second-order valence-electron chi connectivity index (χ2n) is 10.1. The minimum Gasteiger partial charge on any atom is -0.384 e. The largest absolute Gasteiger partial charge is 0.384 e. The van der Waals surface area contributed by atoms with Crippen LogP contribution in [0.5, 0.6) is 0 Å². The fraction of sp³-hybridized carbons (Fsp3) is 0.538. The minimum atomic E-state index is -0.672. The molecule has 2 saturated carbocycles. The molecule has 3 amide bonds.